The van der Waals surface area contributed by atoms with E-state index in [0.29, 0.717) is 70.7 Å². The van der Waals surface area contributed by atoms with Crippen molar-refractivity contribution in [3.63, 3.8) is 0 Å². The fourth-order valence-electron chi connectivity index (χ4n) is 4.76. The average Bonchev–Trinajstić information content (AvgIpc) is 3.34. The third-order valence-electron chi connectivity index (χ3n) is 6.28. The molecular weight excluding hydrogens is 472 g/mol. The molecule has 182 valence electrons. The van der Waals surface area contributed by atoms with Crippen molar-refractivity contribution < 1.29 is 27.3 Å². The molecule has 0 radical (unpaired) electrons. The molecule has 10 nitrogen and oxygen atoms in total. The van der Waals surface area contributed by atoms with Crippen molar-refractivity contribution >= 4 is 43.6 Å². The number of carbonyl (C=O) groups excluding carboxylic acids is 2. The molecule has 2 aromatic heterocycles. The highest BCUT2D eigenvalue weighted by atomic mass is 32.2. The van der Waals surface area contributed by atoms with Gasteiger partial charge in [0, 0.05) is 35.0 Å². The summed E-state index contributed by atoms with van der Waals surface area (Å²) in [5.41, 5.74) is 8.53. The van der Waals surface area contributed by atoms with Crippen LogP contribution in [0.25, 0.3) is 32.9 Å². The standard InChI is InChI=1S/C24H24N4O6S/c1-13-21(14(2)34-26-13)16-10-18-17-5-4-15(24(30)27-6-8-33-9-7-27)12-20(17)28(35(3,31)32)22(18)19(11-16)23(25)29/h4-5,10-12H,6-9H2,1-3H3,(H2,25,29). The Bertz CT molecular complexity index is 1610. The number of morpholine rings is 1. The van der Waals surface area contributed by atoms with Gasteiger partial charge in [0.2, 0.25) is 10.0 Å². The van der Waals surface area contributed by atoms with Gasteiger partial charge in [0.25, 0.3) is 11.8 Å². The van der Waals surface area contributed by atoms with E-state index in [-0.39, 0.29) is 17.0 Å². The van der Waals surface area contributed by atoms with Crippen molar-refractivity contribution in [3.8, 4) is 11.1 Å². The van der Waals surface area contributed by atoms with Crippen LogP contribution in [0.5, 0.6) is 0 Å². The Morgan fingerprint density at radius 2 is 1.77 bits per heavy atom. The molecule has 35 heavy (non-hydrogen) atoms. The number of aryl methyl sites for hydroxylation is 2. The molecule has 0 spiro atoms. The number of amides is 2. The zero-order valence-corrected chi connectivity index (χ0v) is 20.3. The Kier molecular flexibility index (Phi) is 5.41. The number of primary amides is 1. The van der Waals surface area contributed by atoms with Gasteiger partial charge in [0.15, 0.2) is 0 Å². The first-order valence-electron chi connectivity index (χ1n) is 11.0. The lowest BCUT2D eigenvalue weighted by Crippen LogP contribution is -2.40. The lowest BCUT2D eigenvalue weighted by atomic mass is 9.97. The number of hydrogen-bond donors (Lipinski definition) is 1. The third-order valence-corrected chi connectivity index (χ3v) is 7.33. The van der Waals surface area contributed by atoms with E-state index in [0.717, 1.165) is 10.2 Å². The van der Waals surface area contributed by atoms with Gasteiger partial charge in [-0.05, 0) is 43.7 Å². The quantitative estimate of drug-likeness (QED) is 0.458. The Hall–Kier alpha value is -3.70. The monoisotopic (exact) mass is 496 g/mol. The molecule has 2 N–H and O–H groups in total. The van der Waals surface area contributed by atoms with E-state index in [1.165, 1.54) is 0 Å². The summed E-state index contributed by atoms with van der Waals surface area (Å²) < 4.78 is 37.7. The minimum absolute atomic E-state index is 0.0418. The molecule has 3 heterocycles. The van der Waals surface area contributed by atoms with Gasteiger partial charge in [-0.25, -0.2) is 12.4 Å². The van der Waals surface area contributed by atoms with Crippen molar-refractivity contribution in [2.24, 2.45) is 5.73 Å². The van der Waals surface area contributed by atoms with Gasteiger partial charge < -0.3 is 19.9 Å². The predicted octanol–water partition coefficient (Wildman–Crippen LogP) is 2.45. The molecule has 0 aliphatic carbocycles. The van der Waals surface area contributed by atoms with Gasteiger partial charge >= 0.3 is 0 Å². The van der Waals surface area contributed by atoms with Crippen LogP contribution in [0.2, 0.25) is 0 Å². The number of ether oxygens (including phenoxy) is 1. The van der Waals surface area contributed by atoms with Crippen LogP contribution >= 0.6 is 0 Å². The summed E-state index contributed by atoms with van der Waals surface area (Å²) >= 11 is 0. The van der Waals surface area contributed by atoms with E-state index in [1.807, 2.05) is 0 Å². The number of aromatic nitrogens is 2. The van der Waals surface area contributed by atoms with Crippen LogP contribution in [-0.2, 0) is 14.8 Å². The molecular formula is C24H24N4O6S. The van der Waals surface area contributed by atoms with E-state index in [4.69, 9.17) is 15.0 Å². The molecule has 2 aromatic carbocycles. The number of hydrogen-bond acceptors (Lipinski definition) is 7. The SMILES string of the molecule is Cc1noc(C)c1-c1cc(C(N)=O)c2c(c1)c1ccc(C(=O)N3CCOCC3)cc1n2S(C)(=O)=O. The third kappa shape index (κ3) is 3.76. The molecule has 0 atom stereocenters. The maximum Gasteiger partial charge on any atom is 0.254 e. The van der Waals surface area contributed by atoms with Gasteiger partial charge in [0.1, 0.15) is 5.76 Å². The van der Waals surface area contributed by atoms with Gasteiger partial charge in [-0.3, -0.25) is 9.59 Å². The van der Waals surface area contributed by atoms with Crippen LogP contribution in [0.15, 0.2) is 34.9 Å². The minimum Gasteiger partial charge on any atom is -0.378 e. The van der Waals surface area contributed by atoms with Crippen LogP contribution in [0, 0.1) is 13.8 Å². The molecule has 4 aromatic rings. The molecule has 1 fully saturated rings. The molecule has 0 unspecified atom stereocenters. The highest BCUT2D eigenvalue weighted by Gasteiger charge is 2.26. The zero-order chi connectivity index (χ0) is 25.1. The number of carbonyl (C=O) groups is 2. The second-order valence-electron chi connectivity index (χ2n) is 8.65. The fraction of sp³-hybridized carbons (Fsp3) is 0.292. The second-order valence-corrected chi connectivity index (χ2v) is 10.5. The van der Waals surface area contributed by atoms with E-state index in [9.17, 15) is 18.0 Å². The molecule has 2 amide bonds. The van der Waals surface area contributed by atoms with Crippen LogP contribution < -0.4 is 5.73 Å². The number of fused-ring (bicyclic) bond motifs is 3. The molecule has 1 aliphatic heterocycles. The summed E-state index contributed by atoms with van der Waals surface area (Å²) in [6.07, 6.45) is 1.05. The fourth-order valence-corrected chi connectivity index (χ4v) is 5.80. The normalized spacial score (nSPS) is 14.7. The lowest BCUT2D eigenvalue weighted by Gasteiger charge is -2.26. The maximum atomic E-state index is 13.1. The van der Waals surface area contributed by atoms with E-state index >= 15 is 0 Å². The number of nitrogens with two attached hydrogens (primary N) is 1. The van der Waals surface area contributed by atoms with Crippen molar-refractivity contribution in [3.05, 3.63) is 52.9 Å². The Morgan fingerprint density at radius 3 is 2.37 bits per heavy atom. The Balaban J connectivity index is 1.84. The van der Waals surface area contributed by atoms with Gasteiger partial charge in [-0.1, -0.05) is 11.2 Å². The number of benzene rings is 2. The Morgan fingerprint density at radius 1 is 1.06 bits per heavy atom. The summed E-state index contributed by atoms with van der Waals surface area (Å²) in [7, 11) is -3.89. The molecule has 1 saturated heterocycles. The molecule has 0 bridgehead atoms. The first kappa shape index (κ1) is 23.1. The summed E-state index contributed by atoms with van der Waals surface area (Å²) in [6, 6.07) is 8.27. The van der Waals surface area contributed by atoms with Crippen molar-refractivity contribution in [1.29, 1.82) is 0 Å². The zero-order valence-electron chi connectivity index (χ0n) is 19.5. The Labute approximate surface area is 201 Å². The minimum atomic E-state index is -3.89. The highest BCUT2D eigenvalue weighted by molar-refractivity contribution is 7.89. The smallest absolute Gasteiger partial charge is 0.254 e. The van der Waals surface area contributed by atoms with Crippen molar-refractivity contribution in [2.45, 2.75) is 13.8 Å². The molecule has 5 rings (SSSR count). The van der Waals surface area contributed by atoms with Gasteiger partial charge in [-0.2, -0.15) is 0 Å². The van der Waals surface area contributed by atoms with Crippen molar-refractivity contribution in [2.75, 3.05) is 32.6 Å². The van der Waals surface area contributed by atoms with E-state index in [2.05, 4.69) is 5.16 Å². The molecule has 1 aliphatic rings. The van der Waals surface area contributed by atoms with Crippen LogP contribution in [-0.4, -0.2) is 66.8 Å². The summed E-state index contributed by atoms with van der Waals surface area (Å²) in [4.78, 5) is 27.3. The number of nitrogens with zero attached hydrogens (tertiary/aromatic N) is 3. The van der Waals surface area contributed by atoms with E-state index in [1.54, 1.807) is 49.1 Å². The van der Waals surface area contributed by atoms with Crippen LogP contribution in [0.1, 0.15) is 32.2 Å². The first-order chi connectivity index (χ1) is 16.6. The van der Waals surface area contributed by atoms with E-state index < -0.39 is 15.9 Å². The van der Waals surface area contributed by atoms with Crippen LogP contribution in [0.4, 0.5) is 0 Å². The van der Waals surface area contributed by atoms with Gasteiger partial charge in [0.05, 0.1) is 41.8 Å². The summed E-state index contributed by atoms with van der Waals surface area (Å²) in [5.74, 6) is -0.435. The number of rotatable bonds is 4. The maximum absolute atomic E-state index is 13.1. The van der Waals surface area contributed by atoms with Gasteiger partial charge in [-0.15, -0.1) is 0 Å². The molecule has 0 saturated carbocycles. The summed E-state index contributed by atoms with van der Waals surface area (Å²) in [6.45, 7) is 5.35. The van der Waals surface area contributed by atoms with Crippen LogP contribution in [0.3, 0.4) is 0 Å². The average molecular weight is 497 g/mol. The highest BCUT2D eigenvalue weighted by Crippen LogP contribution is 2.38. The largest absolute Gasteiger partial charge is 0.378 e. The predicted molar refractivity (Wildman–Crippen MR) is 130 cm³/mol. The topological polar surface area (TPSA) is 138 Å². The second kappa shape index (κ2) is 8.21. The molecule has 11 heteroatoms. The van der Waals surface area contributed by atoms with Crippen molar-refractivity contribution in [1.82, 2.24) is 14.0 Å². The summed E-state index contributed by atoms with van der Waals surface area (Å²) in [5, 5.41) is 5.07. The lowest BCUT2D eigenvalue weighted by molar-refractivity contribution is 0.0303. The first-order valence-corrected chi connectivity index (χ1v) is 12.9.